The molecule has 0 radical (unpaired) electrons. The summed E-state index contributed by atoms with van der Waals surface area (Å²) in [7, 11) is 0. The maximum atomic E-state index is 6.38. The van der Waals surface area contributed by atoms with Crippen LogP contribution in [0.1, 0.15) is 16.3 Å². The van der Waals surface area contributed by atoms with Crippen molar-refractivity contribution in [3.8, 4) is 0 Å². The average Bonchev–Trinajstić information content (AvgIpc) is 2.96. The first kappa shape index (κ1) is 15.3. The second kappa shape index (κ2) is 6.59. The van der Waals surface area contributed by atoms with Crippen molar-refractivity contribution in [1.29, 1.82) is 0 Å². The summed E-state index contributed by atoms with van der Waals surface area (Å²) in [6.45, 7) is 3.31. The topological polar surface area (TPSA) is 38.1 Å². The summed E-state index contributed by atoms with van der Waals surface area (Å²) >= 11 is 8.11. The minimum atomic E-state index is 0. The van der Waals surface area contributed by atoms with Crippen LogP contribution in [-0.2, 0) is 13.1 Å². The van der Waals surface area contributed by atoms with E-state index in [0.29, 0.717) is 6.54 Å². The number of hydrogen-bond acceptors (Lipinski definition) is 4. The Hall–Kier alpha value is -1.07. The van der Waals surface area contributed by atoms with Gasteiger partial charge in [-0.3, -0.25) is 0 Å². The van der Waals surface area contributed by atoms with Gasteiger partial charge in [0.1, 0.15) is 5.76 Å². The van der Waals surface area contributed by atoms with E-state index in [1.807, 2.05) is 25.1 Å². The number of thiophene rings is 1. The highest BCUT2D eigenvalue weighted by Gasteiger charge is 2.09. The third-order valence-corrected chi connectivity index (χ3v) is 4.58. The van der Waals surface area contributed by atoms with Crippen LogP contribution < -0.4 is 5.32 Å². The Morgan fingerprint density at radius 3 is 2.80 bits per heavy atom. The second-order valence-electron chi connectivity index (χ2n) is 4.37. The Kier molecular flexibility index (Phi) is 5.05. The molecule has 1 aromatic carbocycles. The van der Waals surface area contributed by atoms with Crippen molar-refractivity contribution in [3.05, 3.63) is 51.7 Å². The normalized spacial score (nSPS) is 10.7. The predicted octanol–water partition coefficient (Wildman–Crippen LogP) is 4.56. The van der Waals surface area contributed by atoms with Gasteiger partial charge in [-0.25, -0.2) is 0 Å². The molecule has 6 heteroatoms. The SMILES string of the molecule is Cc1cc(CNCc2sc3ccccc3c2Cl)no1.Cl. The zero-order valence-electron chi connectivity index (χ0n) is 10.9. The van der Waals surface area contributed by atoms with Gasteiger partial charge in [0.15, 0.2) is 0 Å². The number of fused-ring (bicyclic) bond motifs is 1. The fraction of sp³-hybridized carbons (Fsp3) is 0.214. The summed E-state index contributed by atoms with van der Waals surface area (Å²) in [5, 5.41) is 9.26. The van der Waals surface area contributed by atoms with Gasteiger partial charge in [-0.2, -0.15) is 0 Å². The minimum Gasteiger partial charge on any atom is -0.361 e. The Morgan fingerprint density at radius 2 is 2.10 bits per heavy atom. The molecule has 0 aliphatic heterocycles. The summed E-state index contributed by atoms with van der Waals surface area (Å²) in [6, 6.07) is 10.1. The number of nitrogens with one attached hydrogen (secondary N) is 1. The molecule has 0 spiro atoms. The van der Waals surface area contributed by atoms with E-state index in [9.17, 15) is 0 Å². The lowest BCUT2D eigenvalue weighted by atomic mass is 10.2. The van der Waals surface area contributed by atoms with Crippen molar-refractivity contribution in [2.75, 3.05) is 0 Å². The van der Waals surface area contributed by atoms with Crippen LogP contribution >= 0.6 is 35.3 Å². The molecule has 20 heavy (non-hydrogen) atoms. The van der Waals surface area contributed by atoms with Crippen LogP contribution in [0.15, 0.2) is 34.9 Å². The quantitative estimate of drug-likeness (QED) is 0.762. The van der Waals surface area contributed by atoms with E-state index in [1.54, 1.807) is 11.3 Å². The molecule has 0 fully saturated rings. The van der Waals surface area contributed by atoms with Crippen LogP contribution in [0.3, 0.4) is 0 Å². The highest BCUT2D eigenvalue weighted by molar-refractivity contribution is 7.19. The molecule has 0 aliphatic rings. The highest BCUT2D eigenvalue weighted by atomic mass is 35.5. The van der Waals surface area contributed by atoms with Crippen LogP contribution in [0.2, 0.25) is 5.02 Å². The molecule has 3 aromatic rings. The zero-order valence-corrected chi connectivity index (χ0v) is 13.2. The molecule has 0 amide bonds. The molecule has 3 rings (SSSR count). The van der Waals surface area contributed by atoms with Gasteiger partial charge in [-0.05, 0) is 13.0 Å². The first-order valence-corrected chi connectivity index (χ1v) is 7.22. The van der Waals surface area contributed by atoms with Gasteiger partial charge < -0.3 is 9.84 Å². The summed E-state index contributed by atoms with van der Waals surface area (Å²) in [6.07, 6.45) is 0. The Morgan fingerprint density at radius 1 is 1.30 bits per heavy atom. The van der Waals surface area contributed by atoms with E-state index >= 15 is 0 Å². The number of aromatic nitrogens is 1. The first-order chi connectivity index (χ1) is 9.24. The van der Waals surface area contributed by atoms with Crippen molar-refractivity contribution in [2.24, 2.45) is 0 Å². The predicted molar refractivity (Wildman–Crippen MR) is 85.9 cm³/mol. The highest BCUT2D eigenvalue weighted by Crippen LogP contribution is 2.34. The maximum absolute atomic E-state index is 6.38. The molecule has 0 unspecified atom stereocenters. The van der Waals surface area contributed by atoms with E-state index in [1.165, 1.54) is 4.70 Å². The average molecular weight is 329 g/mol. The molecule has 2 aromatic heterocycles. The number of hydrogen-bond donors (Lipinski definition) is 1. The van der Waals surface area contributed by atoms with Crippen molar-refractivity contribution in [3.63, 3.8) is 0 Å². The van der Waals surface area contributed by atoms with Crippen LogP contribution in [-0.4, -0.2) is 5.16 Å². The first-order valence-electron chi connectivity index (χ1n) is 6.03. The van der Waals surface area contributed by atoms with Crippen LogP contribution in [0.25, 0.3) is 10.1 Å². The van der Waals surface area contributed by atoms with Crippen LogP contribution in [0.5, 0.6) is 0 Å². The monoisotopic (exact) mass is 328 g/mol. The van der Waals surface area contributed by atoms with Crippen molar-refractivity contribution >= 4 is 45.4 Å². The van der Waals surface area contributed by atoms with E-state index in [2.05, 4.69) is 22.6 Å². The molecule has 0 bridgehead atoms. The third kappa shape index (κ3) is 3.15. The molecule has 0 saturated heterocycles. The van der Waals surface area contributed by atoms with Gasteiger partial charge >= 0.3 is 0 Å². The zero-order chi connectivity index (χ0) is 13.2. The van der Waals surface area contributed by atoms with E-state index in [-0.39, 0.29) is 12.4 Å². The fourth-order valence-electron chi connectivity index (χ4n) is 1.98. The summed E-state index contributed by atoms with van der Waals surface area (Å²) in [4.78, 5) is 1.16. The molecule has 0 atom stereocenters. The van der Waals surface area contributed by atoms with Gasteiger partial charge in [0.25, 0.3) is 0 Å². The summed E-state index contributed by atoms with van der Waals surface area (Å²) < 4.78 is 6.25. The van der Waals surface area contributed by atoms with Crippen molar-refractivity contribution in [1.82, 2.24) is 10.5 Å². The second-order valence-corrected chi connectivity index (χ2v) is 5.88. The van der Waals surface area contributed by atoms with Gasteiger partial charge in [0.05, 0.1) is 10.7 Å². The molecular weight excluding hydrogens is 315 g/mol. The van der Waals surface area contributed by atoms with Crippen molar-refractivity contribution < 1.29 is 4.52 Å². The van der Waals surface area contributed by atoms with Gasteiger partial charge in [-0.15, -0.1) is 23.7 Å². The fourth-order valence-corrected chi connectivity index (χ4v) is 3.45. The Balaban J connectivity index is 0.00000147. The van der Waals surface area contributed by atoms with Gasteiger partial charge in [0, 0.05) is 34.1 Å². The number of nitrogens with zero attached hydrogens (tertiary/aromatic N) is 1. The molecule has 106 valence electrons. The molecule has 1 N–H and O–H groups in total. The largest absolute Gasteiger partial charge is 0.361 e. The lowest BCUT2D eigenvalue weighted by Crippen LogP contribution is -2.12. The van der Waals surface area contributed by atoms with Crippen LogP contribution in [0.4, 0.5) is 0 Å². The Bertz CT molecular complexity index is 708. The van der Waals surface area contributed by atoms with Crippen LogP contribution in [0, 0.1) is 6.92 Å². The van der Waals surface area contributed by atoms with E-state index in [0.717, 1.165) is 33.3 Å². The molecule has 0 saturated carbocycles. The summed E-state index contributed by atoms with van der Waals surface area (Å²) in [5.41, 5.74) is 0.912. The maximum Gasteiger partial charge on any atom is 0.133 e. The molecule has 0 aliphatic carbocycles. The number of aryl methyl sites for hydroxylation is 1. The minimum absolute atomic E-state index is 0. The lowest BCUT2D eigenvalue weighted by molar-refractivity contribution is 0.388. The summed E-state index contributed by atoms with van der Waals surface area (Å²) in [5.74, 6) is 0.830. The molecule has 2 heterocycles. The molecular formula is C14H14Cl2N2OS. The molecule has 3 nitrogen and oxygen atoms in total. The Labute approximate surface area is 132 Å². The van der Waals surface area contributed by atoms with Gasteiger partial charge in [0.2, 0.25) is 0 Å². The smallest absolute Gasteiger partial charge is 0.133 e. The number of halogens is 2. The number of benzene rings is 1. The standard InChI is InChI=1S/C14H13ClN2OS.ClH/c1-9-6-10(17-18-9)7-16-8-13-14(15)11-4-2-3-5-12(11)19-13;/h2-6,16H,7-8H2,1H3;1H. The lowest BCUT2D eigenvalue weighted by Gasteiger charge is -2.00. The van der Waals surface area contributed by atoms with E-state index < -0.39 is 0 Å². The van der Waals surface area contributed by atoms with Gasteiger partial charge in [-0.1, -0.05) is 35.0 Å². The van der Waals surface area contributed by atoms with E-state index in [4.69, 9.17) is 16.1 Å². The number of rotatable bonds is 4. The third-order valence-electron chi connectivity index (χ3n) is 2.87. The van der Waals surface area contributed by atoms with Crippen molar-refractivity contribution in [2.45, 2.75) is 20.0 Å².